The van der Waals surface area contributed by atoms with Crippen LogP contribution in [0.4, 0.5) is 0 Å². The monoisotopic (exact) mass is 496 g/mol. The molecule has 0 saturated carbocycles. The van der Waals surface area contributed by atoms with E-state index in [1.54, 1.807) is 19.1 Å². The third-order valence-electron chi connectivity index (χ3n) is 5.01. The molecule has 1 aromatic carbocycles. The molecule has 1 aliphatic rings. The van der Waals surface area contributed by atoms with Crippen LogP contribution in [0.1, 0.15) is 31.2 Å². The predicted molar refractivity (Wildman–Crippen MR) is 115 cm³/mol. The summed E-state index contributed by atoms with van der Waals surface area (Å²) in [5, 5.41) is 0. The Morgan fingerprint density at radius 2 is 1.71 bits per heavy atom. The van der Waals surface area contributed by atoms with Crippen LogP contribution in [-0.2, 0) is 38.1 Å². The molecule has 184 valence electrons. The van der Waals surface area contributed by atoms with E-state index in [0.717, 1.165) is 24.0 Å². The van der Waals surface area contributed by atoms with Crippen LogP contribution >= 0.6 is 0 Å². The second kappa shape index (κ2) is 9.91. The fourth-order valence-corrected chi connectivity index (χ4v) is 4.49. The van der Waals surface area contributed by atoms with Crippen molar-refractivity contribution in [3.63, 3.8) is 0 Å². The Morgan fingerprint density at radius 1 is 1.06 bits per heavy atom. The van der Waals surface area contributed by atoms with Crippen molar-refractivity contribution in [3.05, 3.63) is 62.4 Å². The lowest BCUT2D eigenvalue weighted by molar-refractivity contribution is -0.155. The van der Waals surface area contributed by atoms with Crippen molar-refractivity contribution in [2.45, 2.75) is 57.1 Å². The molecule has 2 aromatic rings. The van der Waals surface area contributed by atoms with E-state index in [0.29, 0.717) is 0 Å². The van der Waals surface area contributed by atoms with E-state index >= 15 is 0 Å². The second-order valence-corrected chi connectivity index (χ2v) is 9.32. The summed E-state index contributed by atoms with van der Waals surface area (Å²) in [6, 6.07) is 5.84. The normalized spacial score (nSPS) is 22.4. The molecule has 1 aromatic heterocycles. The van der Waals surface area contributed by atoms with Crippen molar-refractivity contribution in [3.8, 4) is 0 Å². The molecule has 0 radical (unpaired) electrons. The van der Waals surface area contributed by atoms with Gasteiger partial charge in [0.05, 0.1) is 4.90 Å². The summed E-state index contributed by atoms with van der Waals surface area (Å²) < 4.78 is 48.4. The van der Waals surface area contributed by atoms with Gasteiger partial charge in [-0.3, -0.25) is 28.1 Å². The first-order valence-electron chi connectivity index (χ1n) is 10.2. The van der Waals surface area contributed by atoms with Gasteiger partial charge in [-0.2, -0.15) is 8.42 Å². The number of hydrogen-bond donors (Lipinski definition) is 1. The highest BCUT2D eigenvalue weighted by atomic mass is 32.2. The molecule has 0 aliphatic carbocycles. The molecule has 1 N–H and O–H groups in total. The topological polar surface area (TPSA) is 160 Å². The number of nitrogens with zero attached hydrogens (tertiary/aromatic N) is 1. The number of aryl methyl sites for hydroxylation is 2. The molecule has 0 spiro atoms. The third kappa shape index (κ3) is 5.61. The number of benzene rings is 1. The van der Waals surface area contributed by atoms with Crippen LogP contribution in [0.15, 0.2) is 44.9 Å². The predicted octanol–water partition coefficient (Wildman–Crippen LogP) is 0.320. The van der Waals surface area contributed by atoms with E-state index in [1.807, 2.05) is 0 Å². The molecular weight excluding hydrogens is 472 g/mol. The molecule has 12 nitrogen and oxygen atoms in total. The minimum atomic E-state index is -4.39. The van der Waals surface area contributed by atoms with Crippen molar-refractivity contribution in [2.24, 2.45) is 0 Å². The summed E-state index contributed by atoms with van der Waals surface area (Å²) >= 11 is 0. The number of carbonyl (C=O) groups is 2. The molecule has 0 amide bonds. The van der Waals surface area contributed by atoms with E-state index in [2.05, 4.69) is 4.98 Å². The Morgan fingerprint density at radius 3 is 2.29 bits per heavy atom. The van der Waals surface area contributed by atoms with E-state index in [9.17, 15) is 27.6 Å². The van der Waals surface area contributed by atoms with Gasteiger partial charge in [-0.25, -0.2) is 4.79 Å². The zero-order chi connectivity index (χ0) is 25.2. The lowest BCUT2D eigenvalue weighted by Crippen LogP contribution is -2.43. The van der Waals surface area contributed by atoms with Crippen LogP contribution in [-0.4, -0.2) is 54.8 Å². The van der Waals surface area contributed by atoms with Crippen LogP contribution in [0, 0.1) is 13.8 Å². The van der Waals surface area contributed by atoms with Gasteiger partial charge in [0.1, 0.15) is 18.8 Å². The highest BCUT2D eigenvalue weighted by Crippen LogP contribution is 2.35. The van der Waals surface area contributed by atoms with E-state index < -0.39 is 64.5 Å². The molecular formula is C21H24N2O10S. The minimum Gasteiger partial charge on any atom is -0.463 e. The van der Waals surface area contributed by atoms with Crippen molar-refractivity contribution < 1.29 is 36.4 Å². The number of carbonyl (C=O) groups excluding carboxylic acids is 2. The minimum absolute atomic E-state index is 0.151. The zero-order valence-corrected chi connectivity index (χ0v) is 19.7. The van der Waals surface area contributed by atoms with Gasteiger partial charge in [0.15, 0.2) is 12.3 Å². The SMILES string of the molecule is CC(=O)OC[C@H]1O[C@@H](n2cc(C)c(=O)[nH]c2=O)[C@H](OC(C)=O)[C@H]1OS(=O)(=O)c1ccc(C)cc1. The maximum atomic E-state index is 13.0. The summed E-state index contributed by atoms with van der Waals surface area (Å²) in [7, 11) is -4.39. The summed E-state index contributed by atoms with van der Waals surface area (Å²) in [6.45, 7) is 5.00. The van der Waals surface area contributed by atoms with Crippen molar-refractivity contribution in [2.75, 3.05) is 6.61 Å². The molecule has 34 heavy (non-hydrogen) atoms. The van der Waals surface area contributed by atoms with Crippen molar-refractivity contribution >= 4 is 22.1 Å². The number of hydrogen-bond acceptors (Lipinski definition) is 10. The standard InChI is InChI=1S/C21H24N2O10S/c1-11-5-7-15(8-6-11)34(28,29)33-17-16(10-30-13(3)24)32-20(18(17)31-14(4)25)23-9-12(2)19(26)22-21(23)27/h5-9,16-18,20H,10H2,1-4H3,(H,22,26,27)/t16-,17+,18-,20-/m1/s1. The summed E-state index contributed by atoms with van der Waals surface area (Å²) in [6.07, 6.45) is -4.37. The van der Waals surface area contributed by atoms with E-state index in [1.165, 1.54) is 25.3 Å². The van der Waals surface area contributed by atoms with Crippen LogP contribution in [0.5, 0.6) is 0 Å². The number of esters is 2. The molecule has 1 saturated heterocycles. The number of nitrogens with one attached hydrogen (secondary N) is 1. The molecule has 1 aliphatic heterocycles. The molecule has 1 fully saturated rings. The Bertz CT molecular complexity index is 1300. The van der Waals surface area contributed by atoms with Crippen LogP contribution < -0.4 is 11.2 Å². The summed E-state index contributed by atoms with van der Waals surface area (Å²) in [4.78, 5) is 49.4. The highest BCUT2D eigenvalue weighted by molar-refractivity contribution is 7.86. The average Bonchev–Trinajstić information content (AvgIpc) is 3.05. The quantitative estimate of drug-likeness (QED) is 0.418. The van der Waals surface area contributed by atoms with Gasteiger partial charge in [0.25, 0.3) is 15.7 Å². The molecule has 0 bridgehead atoms. The first-order valence-corrected chi connectivity index (χ1v) is 11.6. The maximum absolute atomic E-state index is 13.0. The Hall–Kier alpha value is -3.29. The number of rotatable bonds is 7. The fourth-order valence-electron chi connectivity index (χ4n) is 3.38. The summed E-state index contributed by atoms with van der Waals surface area (Å²) in [5.41, 5.74) is -0.542. The van der Waals surface area contributed by atoms with Crippen LogP contribution in [0.2, 0.25) is 0 Å². The first kappa shape index (κ1) is 25.3. The molecule has 2 heterocycles. The smallest absolute Gasteiger partial charge is 0.330 e. The van der Waals surface area contributed by atoms with Gasteiger partial charge in [-0.1, -0.05) is 17.7 Å². The van der Waals surface area contributed by atoms with Gasteiger partial charge in [-0.05, 0) is 26.0 Å². The molecule has 13 heteroatoms. The van der Waals surface area contributed by atoms with Crippen LogP contribution in [0.25, 0.3) is 0 Å². The molecule has 3 rings (SSSR count). The van der Waals surface area contributed by atoms with Crippen molar-refractivity contribution in [1.82, 2.24) is 9.55 Å². The summed E-state index contributed by atoms with van der Waals surface area (Å²) in [5.74, 6) is -1.48. The lowest BCUT2D eigenvalue weighted by Gasteiger charge is -2.24. The first-order chi connectivity index (χ1) is 15.9. The Kier molecular flexibility index (Phi) is 7.38. The van der Waals surface area contributed by atoms with E-state index in [-0.39, 0.29) is 10.5 Å². The van der Waals surface area contributed by atoms with Crippen molar-refractivity contribution in [1.29, 1.82) is 0 Å². The molecule has 4 atom stereocenters. The van der Waals surface area contributed by atoms with Gasteiger partial charge in [0.2, 0.25) is 0 Å². The fraction of sp³-hybridized carbons (Fsp3) is 0.429. The number of ether oxygens (including phenoxy) is 3. The van der Waals surface area contributed by atoms with Gasteiger partial charge >= 0.3 is 17.6 Å². The van der Waals surface area contributed by atoms with Gasteiger partial charge in [-0.15, -0.1) is 0 Å². The third-order valence-corrected chi connectivity index (χ3v) is 6.33. The number of aromatic nitrogens is 2. The average molecular weight is 496 g/mol. The number of H-pyrrole nitrogens is 1. The van der Waals surface area contributed by atoms with Crippen LogP contribution in [0.3, 0.4) is 0 Å². The maximum Gasteiger partial charge on any atom is 0.330 e. The van der Waals surface area contributed by atoms with Gasteiger partial charge < -0.3 is 14.2 Å². The Labute approximate surface area is 194 Å². The zero-order valence-electron chi connectivity index (χ0n) is 18.8. The number of aromatic amines is 1. The molecule has 0 unspecified atom stereocenters. The Balaban J connectivity index is 2.06. The highest BCUT2D eigenvalue weighted by Gasteiger charge is 2.51. The lowest BCUT2D eigenvalue weighted by atomic mass is 10.1. The van der Waals surface area contributed by atoms with Gasteiger partial charge in [0, 0.05) is 25.6 Å². The largest absolute Gasteiger partial charge is 0.463 e. The second-order valence-electron chi connectivity index (χ2n) is 7.75. The van der Waals surface area contributed by atoms with E-state index in [4.69, 9.17) is 18.4 Å².